The number of fused-ring (bicyclic) bond motifs is 1. The number of carbonyl (C=O) groups is 3. The molecular weight excluding hydrogens is 744 g/mol. The number of aromatic nitrogens is 4. The molecule has 1 aliphatic carbocycles. The van der Waals surface area contributed by atoms with Crippen molar-refractivity contribution in [2.24, 2.45) is 5.92 Å². The lowest BCUT2D eigenvalue weighted by Gasteiger charge is -2.38. The van der Waals surface area contributed by atoms with E-state index in [1.807, 2.05) is 25.3 Å². The SMILES string of the molecule is CC(=O)c1c(C)c2cnc(Nc3ccc(N4CCN(CCC5CCN(c6ccc(C)c(N7CCC(=O)NC7=O)c6Cl)CC5)CC4)cn3)nc2n(C2CCCC2)c1=O. The number of pyridine rings is 2. The van der Waals surface area contributed by atoms with Gasteiger partial charge in [0.2, 0.25) is 11.9 Å². The second kappa shape index (κ2) is 16.4. The van der Waals surface area contributed by atoms with Gasteiger partial charge in [-0.3, -0.25) is 34.1 Å². The van der Waals surface area contributed by atoms with Crippen LogP contribution in [0.1, 0.15) is 85.8 Å². The van der Waals surface area contributed by atoms with Crippen LogP contribution in [0.4, 0.5) is 33.6 Å². The van der Waals surface area contributed by atoms with Crippen molar-refractivity contribution in [3.63, 3.8) is 0 Å². The van der Waals surface area contributed by atoms with Crippen LogP contribution in [-0.4, -0.2) is 94.5 Å². The van der Waals surface area contributed by atoms with Gasteiger partial charge in [-0.2, -0.15) is 4.98 Å². The molecule has 3 amide bonds. The molecule has 14 nitrogen and oxygen atoms in total. The smallest absolute Gasteiger partial charge is 0.328 e. The molecule has 1 saturated carbocycles. The van der Waals surface area contributed by atoms with E-state index in [1.54, 1.807) is 22.6 Å². The Bertz CT molecular complexity index is 2240. The molecule has 0 unspecified atom stereocenters. The zero-order valence-corrected chi connectivity index (χ0v) is 33.8. The normalized spacial score (nSPS) is 18.8. The molecule has 0 atom stereocenters. The molecule has 300 valence electrons. The minimum atomic E-state index is -0.417. The van der Waals surface area contributed by atoms with Crippen molar-refractivity contribution in [3.8, 4) is 0 Å². The monoisotopic (exact) mass is 794 g/mol. The van der Waals surface area contributed by atoms with Gasteiger partial charge in [-0.25, -0.2) is 14.8 Å². The average Bonchev–Trinajstić information content (AvgIpc) is 3.73. The largest absolute Gasteiger partial charge is 0.370 e. The Morgan fingerprint density at radius 1 is 0.895 bits per heavy atom. The van der Waals surface area contributed by atoms with Gasteiger partial charge in [0.25, 0.3) is 5.56 Å². The quantitative estimate of drug-likeness (QED) is 0.172. The average molecular weight is 795 g/mol. The van der Waals surface area contributed by atoms with E-state index in [0.29, 0.717) is 46.1 Å². The van der Waals surface area contributed by atoms with Crippen LogP contribution in [0, 0.1) is 19.8 Å². The van der Waals surface area contributed by atoms with Gasteiger partial charge in [-0.05, 0) is 94.7 Å². The number of amides is 3. The summed E-state index contributed by atoms with van der Waals surface area (Å²) in [7, 11) is 0. The molecule has 3 aliphatic heterocycles. The molecule has 3 aromatic heterocycles. The van der Waals surface area contributed by atoms with E-state index in [0.717, 1.165) is 113 Å². The van der Waals surface area contributed by atoms with Crippen molar-refractivity contribution < 1.29 is 14.4 Å². The maximum absolute atomic E-state index is 13.6. The molecule has 4 aliphatic rings. The van der Waals surface area contributed by atoms with Gasteiger partial charge in [0, 0.05) is 69.9 Å². The van der Waals surface area contributed by atoms with E-state index >= 15 is 0 Å². The van der Waals surface area contributed by atoms with Crippen LogP contribution >= 0.6 is 11.6 Å². The van der Waals surface area contributed by atoms with Crippen LogP contribution in [0.15, 0.2) is 41.5 Å². The van der Waals surface area contributed by atoms with E-state index < -0.39 is 6.03 Å². The fourth-order valence-electron chi connectivity index (χ4n) is 9.13. The van der Waals surface area contributed by atoms with Gasteiger partial charge in [0.1, 0.15) is 11.5 Å². The Labute approximate surface area is 337 Å². The van der Waals surface area contributed by atoms with Crippen molar-refractivity contribution in [2.45, 2.75) is 78.2 Å². The summed E-state index contributed by atoms with van der Waals surface area (Å²) < 4.78 is 1.72. The number of urea groups is 1. The Morgan fingerprint density at radius 2 is 1.65 bits per heavy atom. The number of nitrogens with one attached hydrogen (secondary N) is 2. The molecule has 4 aromatic rings. The Balaban J connectivity index is 0.828. The van der Waals surface area contributed by atoms with Crippen molar-refractivity contribution in [1.29, 1.82) is 0 Å². The number of imide groups is 1. The van der Waals surface area contributed by atoms with E-state index in [4.69, 9.17) is 16.6 Å². The summed E-state index contributed by atoms with van der Waals surface area (Å²) in [6, 6.07) is 7.68. The highest BCUT2D eigenvalue weighted by molar-refractivity contribution is 6.37. The molecule has 1 aromatic carbocycles. The van der Waals surface area contributed by atoms with E-state index in [-0.39, 0.29) is 35.3 Å². The van der Waals surface area contributed by atoms with Crippen LogP contribution in [0.25, 0.3) is 11.0 Å². The van der Waals surface area contributed by atoms with Crippen LogP contribution in [-0.2, 0) is 4.79 Å². The first-order chi connectivity index (χ1) is 27.5. The Kier molecular flexibility index (Phi) is 11.2. The minimum Gasteiger partial charge on any atom is -0.370 e. The van der Waals surface area contributed by atoms with E-state index in [9.17, 15) is 19.2 Å². The molecule has 0 bridgehead atoms. The number of ketones is 1. The number of benzene rings is 1. The predicted octanol–water partition coefficient (Wildman–Crippen LogP) is 6.39. The van der Waals surface area contributed by atoms with Gasteiger partial charge < -0.3 is 15.1 Å². The molecule has 8 rings (SSSR count). The second-order valence-electron chi connectivity index (χ2n) is 16.0. The first-order valence-corrected chi connectivity index (χ1v) is 20.7. The number of anilines is 5. The molecule has 15 heteroatoms. The molecule has 0 spiro atoms. The highest BCUT2D eigenvalue weighted by Gasteiger charge is 2.31. The maximum Gasteiger partial charge on any atom is 0.328 e. The minimum absolute atomic E-state index is 0.0195. The van der Waals surface area contributed by atoms with Gasteiger partial charge in [-0.15, -0.1) is 0 Å². The Morgan fingerprint density at radius 3 is 2.33 bits per heavy atom. The summed E-state index contributed by atoms with van der Waals surface area (Å²) in [6.07, 6.45) is 11.1. The molecule has 57 heavy (non-hydrogen) atoms. The molecule has 2 N–H and O–H groups in total. The van der Waals surface area contributed by atoms with Crippen molar-refractivity contribution >= 4 is 69.2 Å². The molecule has 0 radical (unpaired) electrons. The van der Waals surface area contributed by atoms with Crippen molar-refractivity contribution in [2.75, 3.05) is 72.4 Å². The van der Waals surface area contributed by atoms with Crippen LogP contribution in [0.2, 0.25) is 5.02 Å². The van der Waals surface area contributed by atoms with Crippen LogP contribution in [0.5, 0.6) is 0 Å². The van der Waals surface area contributed by atoms with Gasteiger partial charge in [0.05, 0.1) is 33.8 Å². The van der Waals surface area contributed by atoms with E-state index in [2.05, 4.69) is 47.4 Å². The third-order valence-corrected chi connectivity index (χ3v) is 12.8. The van der Waals surface area contributed by atoms with Gasteiger partial charge in [0.15, 0.2) is 5.78 Å². The van der Waals surface area contributed by atoms with Crippen LogP contribution < -0.4 is 30.9 Å². The lowest BCUT2D eigenvalue weighted by Crippen LogP contribution is -2.50. The number of hydrogen-bond donors (Lipinski definition) is 2. The summed E-state index contributed by atoms with van der Waals surface area (Å²) in [4.78, 5) is 73.2. The first kappa shape index (κ1) is 38.8. The molecule has 3 saturated heterocycles. The van der Waals surface area contributed by atoms with Crippen LogP contribution in [0.3, 0.4) is 0 Å². The number of aryl methyl sites for hydroxylation is 2. The highest BCUT2D eigenvalue weighted by Crippen LogP contribution is 2.40. The third-order valence-electron chi connectivity index (χ3n) is 12.4. The topological polar surface area (TPSA) is 149 Å². The zero-order valence-electron chi connectivity index (χ0n) is 33.0. The van der Waals surface area contributed by atoms with Gasteiger partial charge in [-0.1, -0.05) is 30.5 Å². The molecular formula is C42H51ClN10O4. The number of carbonyl (C=O) groups excluding carboxylic acids is 3. The zero-order chi connectivity index (χ0) is 39.8. The van der Waals surface area contributed by atoms with Gasteiger partial charge >= 0.3 is 6.03 Å². The lowest BCUT2D eigenvalue weighted by atomic mass is 9.92. The summed E-state index contributed by atoms with van der Waals surface area (Å²) in [6.45, 7) is 12.3. The number of hydrogen-bond acceptors (Lipinski definition) is 11. The summed E-state index contributed by atoms with van der Waals surface area (Å²) in [5.74, 6) is 1.13. The number of rotatable bonds is 10. The van der Waals surface area contributed by atoms with Crippen molar-refractivity contribution in [1.82, 2.24) is 29.7 Å². The Hall–Kier alpha value is -5.08. The third kappa shape index (κ3) is 7.94. The maximum atomic E-state index is 13.6. The number of piperidine rings is 1. The molecule has 6 heterocycles. The summed E-state index contributed by atoms with van der Waals surface area (Å²) in [5, 5.41) is 6.94. The summed E-state index contributed by atoms with van der Waals surface area (Å²) in [5.41, 5.74) is 4.76. The second-order valence-corrected chi connectivity index (χ2v) is 16.4. The standard InChI is InChI=1S/C42H51ClN10O4/c1-26-8-10-33(37(43)38(26)52-19-15-35(55)47-42(52)57)51-17-13-29(14-18-51)12-16-49-20-22-50(23-21-49)31-9-11-34(44-24-31)46-41-45-25-32-27(2)36(28(3)54)40(56)53(39(32)48-41)30-6-4-5-7-30/h8-11,24-25,29-30H,4-7,12-23H2,1-3H3,(H,47,55,57)(H,44,45,46,48). The molecule has 4 fully saturated rings. The highest BCUT2D eigenvalue weighted by atomic mass is 35.5. The number of piperazine rings is 1. The number of nitrogens with zero attached hydrogens (tertiary/aromatic N) is 8. The van der Waals surface area contributed by atoms with E-state index in [1.165, 1.54) is 6.92 Å². The van der Waals surface area contributed by atoms with Crippen molar-refractivity contribution in [3.05, 3.63) is 68.7 Å². The fourth-order valence-corrected chi connectivity index (χ4v) is 9.56. The summed E-state index contributed by atoms with van der Waals surface area (Å²) >= 11 is 6.95. The fraction of sp³-hybridized carbons (Fsp3) is 0.500. The number of halogens is 1. The first-order valence-electron chi connectivity index (χ1n) is 20.3. The lowest BCUT2D eigenvalue weighted by molar-refractivity contribution is -0.120. The number of Topliss-reactive ketones (excluding diaryl/α,β-unsaturated/α-hetero) is 1. The predicted molar refractivity (Wildman–Crippen MR) is 223 cm³/mol.